The van der Waals surface area contributed by atoms with Crippen molar-refractivity contribution in [3.63, 3.8) is 0 Å². The second-order valence-corrected chi connectivity index (χ2v) is 3.80. The van der Waals surface area contributed by atoms with E-state index in [0.29, 0.717) is 24.0 Å². The maximum absolute atomic E-state index is 11.6. The molecule has 0 aliphatic rings. The summed E-state index contributed by atoms with van der Waals surface area (Å²) in [5.74, 6) is 0.0764. The molecule has 0 fully saturated rings. The molecule has 3 nitrogen and oxygen atoms in total. The fourth-order valence-corrected chi connectivity index (χ4v) is 1.59. The summed E-state index contributed by atoms with van der Waals surface area (Å²) in [6.45, 7) is 1.52. The summed E-state index contributed by atoms with van der Waals surface area (Å²) < 4.78 is 5.16. The Kier molecular flexibility index (Phi) is 2.86. The van der Waals surface area contributed by atoms with E-state index in [9.17, 15) is 9.59 Å². The van der Waals surface area contributed by atoms with Gasteiger partial charge in [-0.15, -0.1) is 0 Å². The fourth-order valence-electron chi connectivity index (χ4n) is 1.59. The molecule has 0 aliphatic heterocycles. The number of fused-ring (bicyclic) bond motifs is 1. The van der Waals surface area contributed by atoms with E-state index in [2.05, 4.69) is 0 Å². The highest BCUT2D eigenvalue weighted by Crippen LogP contribution is 2.13. The van der Waals surface area contributed by atoms with Gasteiger partial charge in [-0.05, 0) is 25.5 Å². The molecule has 0 N–H and O–H groups in total. The number of ketones is 1. The maximum Gasteiger partial charge on any atom is 0.339 e. The summed E-state index contributed by atoms with van der Waals surface area (Å²) in [6.07, 6.45) is 0.825. The van der Waals surface area contributed by atoms with Gasteiger partial charge in [0.2, 0.25) is 0 Å². The molecule has 0 saturated heterocycles. The number of benzene rings is 1. The molecule has 1 aromatic carbocycles. The largest absolute Gasteiger partial charge is 0.423 e. The molecule has 0 bridgehead atoms. The van der Waals surface area contributed by atoms with E-state index in [0.717, 1.165) is 5.39 Å². The van der Waals surface area contributed by atoms with Crippen LogP contribution >= 0.6 is 0 Å². The molecule has 2 aromatic rings. The van der Waals surface area contributed by atoms with Gasteiger partial charge < -0.3 is 9.21 Å². The van der Waals surface area contributed by atoms with Gasteiger partial charge in [0.15, 0.2) is 0 Å². The van der Waals surface area contributed by atoms with E-state index in [1.165, 1.54) is 6.92 Å². The minimum absolute atomic E-state index is 0.0764. The first-order chi connectivity index (χ1) is 7.66. The van der Waals surface area contributed by atoms with Crippen LogP contribution in [0.3, 0.4) is 0 Å². The molecule has 0 atom stereocenters. The highest BCUT2D eigenvalue weighted by Gasteiger charge is 2.05. The van der Waals surface area contributed by atoms with Crippen molar-refractivity contribution in [1.82, 2.24) is 0 Å². The zero-order valence-electron chi connectivity index (χ0n) is 9.03. The van der Waals surface area contributed by atoms with Crippen LogP contribution in [0.15, 0.2) is 39.5 Å². The molecule has 0 saturated carbocycles. The van der Waals surface area contributed by atoms with Gasteiger partial charge in [0.05, 0.1) is 0 Å². The minimum Gasteiger partial charge on any atom is -0.423 e. The van der Waals surface area contributed by atoms with Crippen LogP contribution in [-0.2, 0) is 11.2 Å². The lowest BCUT2D eigenvalue weighted by Crippen LogP contribution is -2.08. The van der Waals surface area contributed by atoms with Crippen LogP contribution in [0.2, 0.25) is 0 Å². The number of rotatable bonds is 3. The van der Waals surface area contributed by atoms with Gasteiger partial charge in [-0.3, -0.25) is 0 Å². The van der Waals surface area contributed by atoms with Crippen LogP contribution < -0.4 is 5.63 Å². The van der Waals surface area contributed by atoms with Crippen LogP contribution in [0, 0.1) is 0 Å². The normalized spacial score (nSPS) is 10.6. The second kappa shape index (κ2) is 4.31. The van der Waals surface area contributed by atoms with E-state index >= 15 is 0 Å². The van der Waals surface area contributed by atoms with E-state index in [1.54, 1.807) is 12.1 Å². The van der Waals surface area contributed by atoms with Crippen molar-refractivity contribution in [3.8, 4) is 0 Å². The first-order valence-corrected chi connectivity index (χ1v) is 5.18. The zero-order chi connectivity index (χ0) is 11.5. The molecule has 0 unspecified atom stereocenters. The molecule has 1 aromatic heterocycles. The fraction of sp³-hybridized carbons (Fsp3) is 0.231. The maximum atomic E-state index is 11.6. The van der Waals surface area contributed by atoms with Crippen molar-refractivity contribution in [1.29, 1.82) is 0 Å². The Morgan fingerprint density at radius 1 is 1.31 bits per heavy atom. The Bertz CT molecular complexity index is 581. The van der Waals surface area contributed by atoms with Gasteiger partial charge in [-0.1, -0.05) is 18.2 Å². The number of hydrogen-bond donors (Lipinski definition) is 0. The Balaban J connectivity index is 2.42. The van der Waals surface area contributed by atoms with Crippen molar-refractivity contribution >= 4 is 16.8 Å². The average molecular weight is 216 g/mol. The molecular weight excluding hydrogens is 204 g/mol. The van der Waals surface area contributed by atoms with Gasteiger partial charge in [-0.2, -0.15) is 0 Å². The van der Waals surface area contributed by atoms with Gasteiger partial charge in [0.25, 0.3) is 0 Å². The lowest BCUT2D eigenvalue weighted by Gasteiger charge is -2.00. The van der Waals surface area contributed by atoms with Crippen LogP contribution in [-0.4, -0.2) is 5.78 Å². The highest BCUT2D eigenvalue weighted by molar-refractivity contribution is 5.78. The third-order valence-corrected chi connectivity index (χ3v) is 2.46. The van der Waals surface area contributed by atoms with Crippen molar-refractivity contribution in [2.24, 2.45) is 0 Å². The lowest BCUT2D eigenvalue weighted by atomic mass is 10.1. The highest BCUT2D eigenvalue weighted by atomic mass is 16.4. The monoisotopic (exact) mass is 216 g/mol. The summed E-state index contributed by atoms with van der Waals surface area (Å²) in [6, 6.07) is 9.14. The van der Waals surface area contributed by atoms with Crippen LogP contribution in [0.4, 0.5) is 0 Å². The Hall–Kier alpha value is -1.90. The Morgan fingerprint density at radius 2 is 2.06 bits per heavy atom. The van der Waals surface area contributed by atoms with Gasteiger partial charge in [-0.25, -0.2) is 4.79 Å². The van der Waals surface area contributed by atoms with E-state index < -0.39 is 0 Å². The van der Waals surface area contributed by atoms with Crippen LogP contribution in [0.5, 0.6) is 0 Å². The predicted octanol–water partition coefficient (Wildman–Crippen LogP) is 2.31. The molecule has 0 aliphatic carbocycles. The molecule has 0 spiro atoms. The average Bonchev–Trinajstić information content (AvgIpc) is 2.26. The van der Waals surface area contributed by atoms with Crippen LogP contribution in [0.25, 0.3) is 11.0 Å². The standard InChI is InChI=1S/C13H12O3/c1-9(14)6-7-11-8-10-4-2-3-5-12(10)16-13(11)15/h2-5,8H,6-7H2,1H3. The summed E-state index contributed by atoms with van der Waals surface area (Å²) in [7, 11) is 0. The predicted molar refractivity (Wildman–Crippen MR) is 61.5 cm³/mol. The summed E-state index contributed by atoms with van der Waals surface area (Å²) in [4.78, 5) is 22.4. The third-order valence-electron chi connectivity index (χ3n) is 2.46. The molecule has 1 heterocycles. The van der Waals surface area contributed by atoms with Crippen molar-refractivity contribution in [2.75, 3.05) is 0 Å². The van der Waals surface area contributed by atoms with Gasteiger partial charge in [0.1, 0.15) is 11.4 Å². The second-order valence-electron chi connectivity index (χ2n) is 3.80. The Morgan fingerprint density at radius 3 is 2.81 bits per heavy atom. The van der Waals surface area contributed by atoms with Gasteiger partial charge in [0, 0.05) is 17.4 Å². The zero-order valence-corrected chi connectivity index (χ0v) is 9.03. The number of carbonyl (C=O) groups excluding carboxylic acids is 1. The molecule has 82 valence electrons. The number of para-hydroxylation sites is 1. The molecule has 16 heavy (non-hydrogen) atoms. The van der Waals surface area contributed by atoms with Crippen LogP contribution in [0.1, 0.15) is 18.9 Å². The minimum atomic E-state index is -0.347. The first-order valence-electron chi connectivity index (χ1n) is 5.18. The van der Waals surface area contributed by atoms with Crippen molar-refractivity contribution in [2.45, 2.75) is 19.8 Å². The van der Waals surface area contributed by atoms with E-state index in [1.807, 2.05) is 18.2 Å². The van der Waals surface area contributed by atoms with Gasteiger partial charge >= 0.3 is 5.63 Å². The van der Waals surface area contributed by atoms with E-state index in [-0.39, 0.29) is 11.4 Å². The number of hydrogen-bond acceptors (Lipinski definition) is 3. The van der Waals surface area contributed by atoms with E-state index in [4.69, 9.17) is 4.42 Å². The van der Waals surface area contributed by atoms with Crippen molar-refractivity contribution < 1.29 is 9.21 Å². The molecule has 3 heteroatoms. The molecular formula is C13H12O3. The molecule has 0 amide bonds. The van der Waals surface area contributed by atoms with Crippen molar-refractivity contribution in [3.05, 3.63) is 46.3 Å². The lowest BCUT2D eigenvalue weighted by molar-refractivity contribution is -0.116. The summed E-state index contributed by atoms with van der Waals surface area (Å²) in [5.41, 5.74) is 0.799. The quantitative estimate of drug-likeness (QED) is 0.740. The number of Topliss-reactive ketones (excluding diaryl/α,β-unsaturated/α-hetero) is 1. The SMILES string of the molecule is CC(=O)CCc1cc2ccccc2oc1=O. The Labute approximate surface area is 92.7 Å². The third kappa shape index (κ3) is 2.19. The topological polar surface area (TPSA) is 47.3 Å². The molecule has 2 rings (SSSR count). The number of carbonyl (C=O) groups is 1. The summed E-state index contributed by atoms with van der Waals surface area (Å²) in [5, 5.41) is 0.889. The summed E-state index contributed by atoms with van der Waals surface area (Å²) >= 11 is 0. The molecule has 0 radical (unpaired) electrons. The first kappa shape index (κ1) is 10.6. The smallest absolute Gasteiger partial charge is 0.339 e. The number of aryl methyl sites for hydroxylation is 1.